The Labute approximate surface area is 84.9 Å². The molecule has 13 heavy (non-hydrogen) atoms. The average molecular weight is 198 g/mol. The maximum Gasteiger partial charge on any atom is 0.0443 e. The molecule has 0 fully saturated rings. The van der Waals surface area contributed by atoms with Gasteiger partial charge >= 0.3 is 0 Å². The van der Waals surface area contributed by atoms with E-state index in [4.69, 9.17) is 17.3 Å². The summed E-state index contributed by atoms with van der Waals surface area (Å²) in [6.45, 7) is 4.89. The SMILES string of the molecule is Cc1cc(C)c(CCCN)c(Cl)c1. The molecule has 1 nitrogen and oxygen atoms in total. The van der Waals surface area contributed by atoms with Gasteiger partial charge in [0.15, 0.2) is 0 Å². The molecule has 0 aliphatic carbocycles. The third-order valence-electron chi connectivity index (χ3n) is 2.19. The van der Waals surface area contributed by atoms with E-state index in [2.05, 4.69) is 19.9 Å². The first-order chi connectivity index (χ1) is 6.15. The molecule has 0 aliphatic heterocycles. The minimum absolute atomic E-state index is 0.726. The first-order valence-electron chi connectivity index (χ1n) is 4.61. The lowest BCUT2D eigenvalue weighted by molar-refractivity contribution is 0.827. The summed E-state index contributed by atoms with van der Waals surface area (Å²) in [7, 11) is 0. The van der Waals surface area contributed by atoms with E-state index in [1.54, 1.807) is 0 Å². The second-order valence-corrected chi connectivity index (χ2v) is 3.84. The summed E-state index contributed by atoms with van der Waals surface area (Å²) in [5, 5.41) is 0.881. The molecule has 0 heterocycles. The van der Waals surface area contributed by atoms with Gasteiger partial charge in [0.25, 0.3) is 0 Å². The molecule has 2 heteroatoms. The predicted molar refractivity (Wildman–Crippen MR) is 58.3 cm³/mol. The van der Waals surface area contributed by atoms with E-state index < -0.39 is 0 Å². The Morgan fingerprint density at radius 2 is 2.00 bits per heavy atom. The van der Waals surface area contributed by atoms with Crippen LogP contribution in [0.25, 0.3) is 0 Å². The fourth-order valence-corrected chi connectivity index (χ4v) is 1.96. The molecule has 2 N–H and O–H groups in total. The van der Waals surface area contributed by atoms with Crippen LogP contribution in [0.2, 0.25) is 5.02 Å². The number of benzene rings is 1. The zero-order chi connectivity index (χ0) is 9.84. The van der Waals surface area contributed by atoms with Gasteiger partial charge in [0.05, 0.1) is 0 Å². The molecule has 0 spiro atoms. The molecular formula is C11H16ClN. The minimum atomic E-state index is 0.726. The minimum Gasteiger partial charge on any atom is -0.330 e. The molecular weight excluding hydrogens is 182 g/mol. The lowest BCUT2D eigenvalue weighted by atomic mass is 10.0. The number of rotatable bonds is 3. The lowest BCUT2D eigenvalue weighted by Crippen LogP contribution is -2.02. The summed E-state index contributed by atoms with van der Waals surface area (Å²) in [4.78, 5) is 0. The van der Waals surface area contributed by atoms with E-state index in [9.17, 15) is 0 Å². The van der Waals surface area contributed by atoms with Gasteiger partial charge in [-0.15, -0.1) is 0 Å². The van der Waals surface area contributed by atoms with Crippen molar-refractivity contribution in [1.82, 2.24) is 0 Å². The molecule has 0 unspecified atom stereocenters. The first-order valence-corrected chi connectivity index (χ1v) is 4.98. The smallest absolute Gasteiger partial charge is 0.0443 e. The molecule has 0 bridgehead atoms. The summed E-state index contributed by atoms with van der Waals surface area (Å²) < 4.78 is 0. The van der Waals surface area contributed by atoms with Crippen molar-refractivity contribution in [3.8, 4) is 0 Å². The lowest BCUT2D eigenvalue weighted by Gasteiger charge is -2.08. The third kappa shape index (κ3) is 2.71. The van der Waals surface area contributed by atoms with Gasteiger partial charge in [-0.2, -0.15) is 0 Å². The zero-order valence-electron chi connectivity index (χ0n) is 8.23. The maximum absolute atomic E-state index is 6.13. The van der Waals surface area contributed by atoms with Crippen molar-refractivity contribution >= 4 is 11.6 Å². The Hall–Kier alpha value is -0.530. The van der Waals surface area contributed by atoms with Crippen LogP contribution in [-0.4, -0.2) is 6.54 Å². The Bertz CT molecular complexity index is 271. The van der Waals surface area contributed by atoms with Gasteiger partial charge < -0.3 is 5.73 Å². The molecule has 0 amide bonds. The van der Waals surface area contributed by atoms with Crippen LogP contribution in [0.5, 0.6) is 0 Å². The van der Waals surface area contributed by atoms with Crippen molar-refractivity contribution in [2.24, 2.45) is 5.73 Å². The van der Waals surface area contributed by atoms with Crippen LogP contribution >= 0.6 is 11.6 Å². The number of nitrogens with two attached hydrogens (primary N) is 1. The highest BCUT2D eigenvalue weighted by atomic mass is 35.5. The van der Waals surface area contributed by atoms with E-state index >= 15 is 0 Å². The van der Waals surface area contributed by atoms with Crippen LogP contribution < -0.4 is 5.73 Å². The molecule has 1 aromatic rings. The van der Waals surface area contributed by atoms with Gasteiger partial charge in [0.2, 0.25) is 0 Å². The molecule has 0 aromatic heterocycles. The summed E-state index contributed by atoms with van der Waals surface area (Å²) in [5.74, 6) is 0. The second kappa shape index (κ2) is 4.64. The van der Waals surface area contributed by atoms with Gasteiger partial charge in [-0.25, -0.2) is 0 Å². The van der Waals surface area contributed by atoms with Crippen LogP contribution in [0.1, 0.15) is 23.1 Å². The normalized spacial score (nSPS) is 10.5. The Balaban J connectivity index is 2.92. The molecule has 0 radical (unpaired) electrons. The summed E-state index contributed by atoms with van der Waals surface area (Å²) in [6, 6.07) is 4.18. The van der Waals surface area contributed by atoms with Crippen LogP contribution in [0.4, 0.5) is 0 Å². The van der Waals surface area contributed by atoms with Crippen LogP contribution in [0.3, 0.4) is 0 Å². The fraction of sp³-hybridized carbons (Fsp3) is 0.455. The van der Waals surface area contributed by atoms with Gasteiger partial charge in [-0.1, -0.05) is 17.7 Å². The second-order valence-electron chi connectivity index (χ2n) is 3.43. The van der Waals surface area contributed by atoms with E-state index in [-0.39, 0.29) is 0 Å². The Kier molecular flexibility index (Phi) is 3.76. The van der Waals surface area contributed by atoms with Gasteiger partial charge in [-0.05, 0) is 56.0 Å². The van der Waals surface area contributed by atoms with Gasteiger partial charge in [-0.3, -0.25) is 0 Å². The van der Waals surface area contributed by atoms with Crippen molar-refractivity contribution < 1.29 is 0 Å². The van der Waals surface area contributed by atoms with E-state index in [1.165, 1.54) is 16.7 Å². The van der Waals surface area contributed by atoms with E-state index in [0.717, 1.165) is 24.4 Å². The zero-order valence-corrected chi connectivity index (χ0v) is 8.99. The highest BCUT2D eigenvalue weighted by Crippen LogP contribution is 2.22. The van der Waals surface area contributed by atoms with Crippen molar-refractivity contribution in [1.29, 1.82) is 0 Å². The quantitative estimate of drug-likeness (QED) is 0.793. The fourth-order valence-electron chi connectivity index (χ4n) is 1.54. The van der Waals surface area contributed by atoms with Crippen molar-refractivity contribution in [3.63, 3.8) is 0 Å². The van der Waals surface area contributed by atoms with Crippen molar-refractivity contribution in [2.45, 2.75) is 26.7 Å². The first kappa shape index (κ1) is 10.6. The third-order valence-corrected chi connectivity index (χ3v) is 2.53. The molecule has 0 aliphatic rings. The predicted octanol–water partition coefficient (Wildman–Crippen LogP) is 2.85. The number of hydrogen-bond acceptors (Lipinski definition) is 1. The largest absolute Gasteiger partial charge is 0.330 e. The Morgan fingerprint density at radius 3 is 2.54 bits per heavy atom. The molecule has 1 aromatic carbocycles. The van der Waals surface area contributed by atoms with Crippen LogP contribution in [0, 0.1) is 13.8 Å². The molecule has 0 atom stereocenters. The molecule has 1 rings (SSSR count). The van der Waals surface area contributed by atoms with E-state index in [0.29, 0.717) is 0 Å². The van der Waals surface area contributed by atoms with Crippen molar-refractivity contribution in [2.75, 3.05) is 6.54 Å². The molecule has 0 saturated carbocycles. The summed E-state index contributed by atoms with van der Waals surface area (Å²) >= 11 is 6.13. The van der Waals surface area contributed by atoms with E-state index in [1.807, 2.05) is 6.07 Å². The monoisotopic (exact) mass is 197 g/mol. The van der Waals surface area contributed by atoms with Gasteiger partial charge in [0, 0.05) is 5.02 Å². The van der Waals surface area contributed by atoms with Crippen LogP contribution in [-0.2, 0) is 6.42 Å². The molecule has 72 valence electrons. The van der Waals surface area contributed by atoms with Gasteiger partial charge in [0.1, 0.15) is 0 Å². The number of aryl methyl sites for hydroxylation is 2. The van der Waals surface area contributed by atoms with Crippen molar-refractivity contribution in [3.05, 3.63) is 33.8 Å². The standard InChI is InChI=1S/C11H16ClN/c1-8-6-9(2)10(4-3-5-13)11(12)7-8/h6-7H,3-5,13H2,1-2H3. The highest BCUT2D eigenvalue weighted by molar-refractivity contribution is 6.31. The maximum atomic E-state index is 6.13. The highest BCUT2D eigenvalue weighted by Gasteiger charge is 2.04. The molecule has 0 saturated heterocycles. The average Bonchev–Trinajstić information content (AvgIpc) is 2.02. The Morgan fingerprint density at radius 1 is 1.31 bits per heavy atom. The van der Waals surface area contributed by atoms with Crippen LogP contribution in [0.15, 0.2) is 12.1 Å². The summed E-state index contributed by atoms with van der Waals surface area (Å²) in [5.41, 5.74) is 9.21. The number of halogens is 1. The number of hydrogen-bond donors (Lipinski definition) is 1. The topological polar surface area (TPSA) is 26.0 Å². The summed E-state index contributed by atoms with van der Waals surface area (Å²) in [6.07, 6.45) is 1.99.